The van der Waals surface area contributed by atoms with Crippen LogP contribution >= 0.6 is 0 Å². The molecule has 1 aliphatic heterocycles. The van der Waals surface area contributed by atoms with Gasteiger partial charge in [0.05, 0.1) is 14.2 Å². The van der Waals surface area contributed by atoms with Gasteiger partial charge in [-0.15, -0.1) is 0 Å². The van der Waals surface area contributed by atoms with E-state index in [1.165, 1.54) is 0 Å². The summed E-state index contributed by atoms with van der Waals surface area (Å²) in [4.78, 5) is 21.0. The van der Waals surface area contributed by atoms with Crippen LogP contribution in [0.3, 0.4) is 0 Å². The molecule has 8 heteroatoms. The lowest BCUT2D eigenvalue weighted by Gasteiger charge is -2.36. The Labute approximate surface area is 192 Å². The van der Waals surface area contributed by atoms with Gasteiger partial charge in [0.1, 0.15) is 5.60 Å². The van der Waals surface area contributed by atoms with Gasteiger partial charge in [0, 0.05) is 39.8 Å². The van der Waals surface area contributed by atoms with E-state index < -0.39 is 5.60 Å². The number of nitrogens with one attached hydrogen (secondary N) is 1. The first kappa shape index (κ1) is 25.6. The second-order valence-corrected chi connectivity index (χ2v) is 9.04. The van der Waals surface area contributed by atoms with Crippen LogP contribution in [0.4, 0.5) is 4.79 Å². The van der Waals surface area contributed by atoms with Crippen molar-refractivity contribution in [2.75, 3.05) is 47.4 Å². The number of guanidine groups is 1. The molecule has 0 saturated carbocycles. The summed E-state index contributed by atoms with van der Waals surface area (Å²) in [5.41, 5.74) is 0.620. The van der Waals surface area contributed by atoms with Gasteiger partial charge in [0.2, 0.25) is 0 Å². The summed E-state index contributed by atoms with van der Waals surface area (Å²) in [6.07, 6.45) is 1.79. The number of likely N-dealkylation sites (tertiary alicyclic amines) is 1. The number of ether oxygens (including phenoxy) is 3. The smallest absolute Gasteiger partial charge is 0.410 e. The largest absolute Gasteiger partial charge is 0.493 e. The van der Waals surface area contributed by atoms with Gasteiger partial charge in [-0.1, -0.05) is 6.07 Å². The number of aliphatic imine (C=N–C) groups is 1. The molecule has 1 amide bonds. The van der Waals surface area contributed by atoms with Crippen molar-refractivity contribution in [2.45, 2.75) is 52.7 Å². The number of carbonyl (C=O) groups excluding carboxylic acids is 1. The molecule has 1 aliphatic rings. The van der Waals surface area contributed by atoms with Gasteiger partial charge in [-0.25, -0.2) is 4.79 Å². The molecule has 0 aromatic heterocycles. The fourth-order valence-corrected chi connectivity index (χ4v) is 3.80. The molecule has 1 fully saturated rings. The maximum absolute atomic E-state index is 12.4. The van der Waals surface area contributed by atoms with Crippen LogP contribution < -0.4 is 14.8 Å². The number of hydrogen-bond acceptors (Lipinski definition) is 5. The fourth-order valence-electron chi connectivity index (χ4n) is 3.80. The third-order valence-electron chi connectivity index (χ3n) is 5.54. The van der Waals surface area contributed by atoms with E-state index in [9.17, 15) is 4.79 Å². The van der Waals surface area contributed by atoms with E-state index in [1.807, 2.05) is 57.8 Å². The highest BCUT2D eigenvalue weighted by Crippen LogP contribution is 2.27. The van der Waals surface area contributed by atoms with Crippen LogP contribution in [-0.4, -0.2) is 74.9 Å². The highest BCUT2D eigenvalue weighted by Gasteiger charge is 2.27. The molecule has 0 unspecified atom stereocenters. The van der Waals surface area contributed by atoms with Gasteiger partial charge < -0.3 is 29.3 Å². The Balaban J connectivity index is 1.86. The van der Waals surface area contributed by atoms with Gasteiger partial charge in [0.15, 0.2) is 17.5 Å². The predicted octanol–water partition coefficient (Wildman–Crippen LogP) is 3.75. The van der Waals surface area contributed by atoms with Crippen LogP contribution in [0.2, 0.25) is 0 Å². The van der Waals surface area contributed by atoms with Crippen LogP contribution in [0.25, 0.3) is 0 Å². The highest BCUT2D eigenvalue weighted by molar-refractivity contribution is 5.80. The zero-order chi connectivity index (χ0) is 23.7. The molecule has 1 heterocycles. The Bertz CT molecular complexity index is 768. The molecular formula is C24H40N4O4. The van der Waals surface area contributed by atoms with Crippen molar-refractivity contribution >= 4 is 12.1 Å². The Kier molecular flexibility index (Phi) is 9.47. The SMILES string of the molecule is CCN(CC1CCN(C(=NC)NCc2ccc(OC)c(OC)c2)CC1)C(=O)OC(C)(C)C. The van der Waals surface area contributed by atoms with Crippen molar-refractivity contribution < 1.29 is 19.0 Å². The molecule has 0 radical (unpaired) electrons. The van der Waals surface area contributed by atoms with E-state index in [1.54, 1.807) is 14.2 Å². The van der Waals surface area contributed by atoms with Gasteiger partial charge in [-0.3, -0.25) is 4.99 Å². The Hall–Kier alpha value is -2.64. The zero-order valence-electron chi connectivity index (χ0n) is 20.7. The number of benzene rings is 1. The lowest BCUT2D eigenvalue weighted by Crippen LogP contribution is -2.47. The Morgan fingerprint density at radius 2 is 1.84 bits per heavy atom. The van der Waals surface area contributed by atoms with E-state index >= 15 is 0 Å². The third kappa shape index (κ3) is 7.50. The average molecular weight is 449 g/mol. The third-order valence-corrected chi connectivity index (χ3v) is 5.54. The number of piperidine rings is 1. The Morgan fingerprint density at radius 3 is 2.38 bits per heavy atom. The molecule has 32 heavy (non-hydrogen) atoms. The van der Waals surface area contributed by atoms with E-state index in [4.69, 9.17) is 14.2 Å². The van der Waals surface area contributed by atoms with E-state index in [2.05, 4.69) is 15.2 Å². The summed E-state index contributed by atoms with van der Waals surface area (Å²) < 4.78 is 16.2. The van der Waals surface area contributed by atoms with Gasteiger partial charge in [0.25, 0.3) is 0 Å². The molecule has 1 saturated heterocycles. The molecule has 8 nitrogen and oxygen atoms in total. The number of hydrogen-bond donors (Lipinski definition) is 1. The summed E-state index contributed by atoms with van der Waals surface area (Å²) in [6.45, 7) is 11.5. The number of rotatable bonds is 7. The molecule has 2 rings (SSSR count). The molecular weight excluding hydrogens is 408 g/mol. The van der Waals surface area contributed by atoms with Crippen LogP contribution in [-0.2, 0) is 11.3 Å². The van der Waals surface area contributed by atoms with E-state index in [0.29, 0.717) is 24.8 Å². The van der Waals surface area contributed by atoms with Crippen molar-refractivity contribution in [1.82, 2.24) is 15.1 Å². The molecule has 1 N–H and O–H groups in total. The number of nitrogens with zero attached hydrogens (tertiary/aromatic N) is 3. The summed E-state index contributed by atoms with van der Waals surface area (Å²) in [5.74, 6) is 2.78. The minimum absolute atomic E-state index is 0.227. The number of amides is 1. The molecule has 0 spiro atoms. The minimum atomic E-state index is -0.472. The van der Waals surface area contributed by atoms with Crippen LogP contribution in [0.1, 0.15) is 46.1 Å². The standard InChI is InChI=1S/C24H40N4O4/c1-8-27(23(29)32-24(2,3)4)17-18-11-13-28(14-12-18)22(25-5)26-16-19-9-10-20(30-6)21(15-19)31-7/h9-10,15,18H,8,11-14,16-17H2,1-7H3,(H,25,26). The summed E-state index contributed by atoms with van der Waals surface area (Å²) in [6, 6.07) is 5.90. The zero-order valence-corrected chi connectivity index (χ0v) is 20.7. The van der Waals surface area contributed by atoms with Crippen LogP contribution in [0.15, 0.2) is 23.2 Å². The summed E-state index contributed by atoms with van der Waals surface area (Å²) in [5, 5.41) is 3.45. The first-order valence-electron chi connectivity index (χ1n) is 11.3. The van der Waals surface area contributed by atoms with Crippen molar-refractivity contribution in [3.63, 3.8) is 0 Å². The predicted molar refractivity (Wildman–Crippen MR) is 128 cm³/mol. The highest BCUT2D eigenvalue weighted by atomic mass is 16.6. The maximum Gasteiger partial charge on any atom is 0.410 e. The normalized spacial score (nSPS) is 15.3. The van der Waals surface area contributed by atoms with Crippen molar-refractivity contribution in [3.05, 3.63) is 23.8 Å². The minimum Gasteiger partial charge on any atom is -0.493 e. The summed E-state index contributed by atoms with van der Waals surface area (Å²) in [7, 11) is 5.08. The quantitative estimate of drug-likeness (QED) is 0.506. The van der Waals surface area contributed by atoms with Crippen molar-refractivity contribution in [1.29, 1.82) is 0 Å². The van der Waals surface area contributed by atoms with Gasteiger partial charge in [-0.2, -0.15) is 0 Å². The Morgan fingerprint density at radius 1 is 1.19 bits per heavy atom. The molecule has 1 aromatic carbocycles. The first-order valence-corrected chi connectivity index (χ1v) is 11.3. The van der Waals surface area contributed by atoms with Crippen molar-refractivity contribution in [2.24, 2.45) is 10.9 Å². The lowest BCUT2D eigenvalue weighted by atomic mass is 9.96. The monoisotopic (exact) mass is 448 g/mol. The molecule has 0 aliphatic carbocycles. The number of carbonyl (C=O) groups is 1. The molecule has 180 valence electrons. The van der Waals surface area contributed by atoms with E-state index in [0.717, 1.165) is 49.7 Å². The second-order valence-electron chi connectivity index (χ2n) is 9.04. The van der Waals surface area contributed by atoms with Crippen molar-refractivity contribution in [3.8, 4) is 11.5 Å². The fraction of sp³-hybridized carbons (Fsp3) is 0.667. The molecule has 0 atom stereocenters. The number of methoxy groups -OCH3 is 2. The maximum atomic E-state index is 12.4. The lowest BCUT2D eigenvalue weighted by molar-refractivity contribution is 0.0214. The average Bonchev–Trinajstić information content (AvgIpc) is 2.77. The summed E-state index contributed by atoms with van der Waals surface area (Å²) >= 11 is 0. The van der Waals surface area contributed by atoms with Crippen LogP contribution in [0.5, 0.6) is 11.5 Å². The molecule has 0 bridgehead atoms. The first-order chi connectivity index (χ1) is 15.2. The van der Waals surface area contributed by atoms with Gasteiger partial charge in [-0.05, 0) is 64.2 Å². The topological polar surface area (TPSA) is 75.6 Å². The van der Waals surface area contributed by atoms with Gasteiger partial charge >= 0.3 is 6.09 Å². The van der Waals surface area contributed by atoms with E-state index in [-0.39, 0.29) is 6.09 Å². The molecule has 1 aromatic rings. The second kappa shape index (κ2) is 11.8. The van der Waals surface area contributed by atoms with Crippen LogP contribution in [0, 0.1) is 5.92 Å².